The van der Waals surface area contributed by atoms with Gasteiger partial charge in [-0.2, -0.15) is 0 Å². The second-order valence-corrected chi connectivity index (χ2v) is 8.49. The van der Waals surface area contributed by atoms with Gasteiger partial charge in [0.25, 0.3) is 11.8 Å². The standard InChI is InChI=1S/C24H23N3O5S/c28-23(17-5-7-19(8-6-17)30-13-18-15-33-16-25-18)26-9-11-27(12-10-26)24(29)22-14-31-20-3-1-2-4-21(20)32-22/h1-8,15-16,22H,9-14H2/t22-/m0/s1. The number of para-hydroxylation sites is 2. The summed E-state index contributed by atoms with van der Waals surface area (Å²) in [5, 5.41) is 1.94. The van der Waals surface area contributed by atoms with Crippen LogP contribution in [0.5, 0.6) is 17.2 Å². The van der Waals surface area contributed by atoms with Crippen molar-refractivity contribution in [3.05, 3.63) is 70.7 Å². The number of piperazine rings is 1. The lowest BCUT2D eigenvalue weighted by Gasteiger charge is -2.37. The molecular formula is C24H23N3O5S. The molecule has 1 saturated heterocycles. The first kappa shape index (κ1) is 21.3. The van der Waals surface area contributed by atoms with Crippen LogP contribution in [0.2, 0.25) is 0 Å². The molecule has 2 amide bonds. The zero-order chi connectivity index (χ0) is 22.6. The van der Waals surface area contributed by atoms with E-state index in [0.29, 0.717) is 55.6 Å². The summed E-state index contributed by atoms with van der Waals surface area (Å²) in [4.78, 5) is 33.5. The van der Waals surface area contributed by atoms with Crippen molar-refractivity contribution < 1.29 is 23.8 Å². The summed E-state index contributed by atoms with van der Waals surface area (Å²) in [6.45, 7) is 2.44. The molecule has 1 aromatic heterocycles. The quantitative estimate of drug-likeness (QED) is 0.577. The van der Waals surface area contributed by atoms with Crippen molar-refractivity contribution >= 4 is 23.2 Å². The predicted octanol–water partition coefficient (Wildman–Crippen LogP) is 2.85. The van der Waals surface area contributed by atoms with E-state index in [4.69, 9.17) is 14.2 Å². The third kappa shape index (κ3) is 4.78. The van der Waals surface area contributed by atoms with E-state index in [0.717, 1.165) is 5.69 Å². The number of rotatable bonds is 5. The van der Waals surface area contributed by atoms with E-state index in [9.17, 15) is 9.59 Å². The normalized spacial score (nSPS) is 17.5. The molecule has 170 valence electrons. The zero-order valence-electron chi connectivity index (χ0n) is 17.9. The van der Waals surface area contributed by atoms with Crippen LogP contribution in [0.3, 0.4) is 0 Å². The minimum atomic E-state index is -0.668. The number of carbonyl (C=O) groups is 2. The monoisotopic (exact) mass is 465 g/mol. The van der Waals surface area contributed by atoms with Crippen LogP contribution in [-0.4, -0.2) is 65.5 Å². The summed E-state index contributed by atoms with van der Waals surface area (Å²) in [5.41, 5.74) is 3.24. The maximum Gasteiger partial charge on any atom is 0.267 e. The van der Waals surface area contributed by atoms with Gasteiger partial charge in [0.2, 0.25) is 6.10 Å². The summed E-state index contributed by atoms with van der Waals surface area (Å²) in [6.07, 6.45) is -0.668. The summed E-state index contributed by atoms with van der Waals surface area (Å²) in [6, 6.07) is 14.4. The Morgan fingerprint density at radius 3 is 2.45 bits per heavy atom. The lowest BCUT2D eigenvalue weighted by Crippen LogP contribution is -2.55. The molecule has 1 atom stereocenters. The highest BCUT2D eigenvalue weighted by Gasteiger charge is 2.33. The Labute approximate surface area is 195 Å². The first-order chi connectivity index (χ1) is 16.2. The first-order valence-electron chi connectivity index (χ1n) is 10.7. The minimum absolute atomic E-state index is 0.0562. The molecule has 9 heteroatoms. The molecule has 33 heavy (non-hydrogen) atoms. The third-order valence-electron chi connectivity index (χ3n) is 5.63. The van der Waals surface area contributed by atoms with Crippen LogP contribution in [0.4, 0.5) is 0 Å². The van der Waals surface area contributed by atoms with Crippen LogP contribution in [0.25, 0.3) is 0 Å². The number of hydrogen-bond acceptors (Lipinski definition) is 7. The van der Waals surface area contributed by atoms with Gasteiger partial charge >= 0.3 is 0 Å². The number of fused-ring (bicyclic) bond motifs is 1. The van der Waals surface area contributed by atoms with Gasteiger partial charge in [-0.3, -0.25) is 9.59 Å². The van der Waals surface area contributed by atoms with Gasteiger partial charge < -0.3 is 24.0 Å². The van der Waals surface area contributed by atoms with Crippen molar-refractivity contribution in [3.63, 3.8) is 0 Å². The van der Waals surface area contributed by atoms with Crippen molar-refractivity contribution in [3.8, 4) is 17.2 Å². The zero-order valence-corrected chi connectivity index (χ0v) is 18.7. The molecule has 1 fully saturated rings. The minimum Gasteiger partial charge on any atom is -0.487 e. The third-order valence-corrected chi connectivity index (χ3v) is 6.27. The van der Waals surface area contributed by atoms with Gasteiger partial charge in [0.1, 0.15) is 19.0 Å². The first-order valence-corrected chi connectivity index (χ1v) is 11.7. The van der Waals surface area contributed by atoms with E-state index < -0.39 is 6.10 Å². The van der Waals surface area contributed by atoms with E-state index >= 15 is 0 Å². The molecule has 0 unspecified atom stereocenters. The van der Waals surface area contributed by atoms with Gasteiger partial charge in [0, 0.05) is 37.1 Å². The van der Waals surface area contributed by atoms with E-state index in [1.807, 2.05) is 23.6 Å². The number of carbonyl (C=O) groups excluding carboxylic acids is 2. The Bertz CT molecular complexity index is 1110. The maximum atomic E-state index is 12.9. The number of nitrogens with zero attached hydrogens (tertiary/aromatic N) is 3. The maximum absolute atomic E-state index is 12.9. The van der Waals surface area contributed by atoms with Crippen molar-refractivity contribution in [1.29, 1.82) is 0 Å². The lowest BCUT2D eigenvalue weighted by molar-refractivity contribution is -0.142. The average Bonchev–Trinajstić information content (AvgIpc) is 3.40. The molecule has 8 nitrogen and oxygen atoms in total. The van der Waals surface area contributed by atoms with Gasteiger partial charge in [-0.25, -0.2) is 4.98 Å². The Kier molecular flexibility index (Phi) is 6.12. The van der Waals surface area contributed by atoms with E-state index in [1.165, 1.54) is 11.3 Å². The fourth-order valence-corrected chi connectivity index (χ4v) is 4.36. The molecule has 0 aliphatic carbocycles. The van der Waals surface area contributed by atoms with Crippen molar-refractivity contribution in [1.82, 2.24) is 14.8 Å². The van der Waals surface area contributed by atoms with Crippen LogP contribution in [0.15, 0.2) is 59.4 Å². The molecular weight excluding hydrogens is 442 g/mol. The Balaban J connectivity index is 1.12. The molecule has 0 N–H and O–H groups in total. The highest BCUT2D eigenvalue weighted by molar-refractivity contribution is 7.07. The van der Waals surface area contributed by atoms with Gasteiger partial charge in [0.15, 0.2) is 11.5 Å². The summed E-state index contributed by atoms with van der Waals surface area (Å²) < 4.78 is 17.2. The second kappa shape index (κ2) is 9.50. The van der Waals surface area contributed by atoms with Crippen LogP contribution in [0, 0.1) is 0 Å². The predicted molar refractivity (Wildman–Crippen MR) is 122 cm³/mol. The van der Waals surface area contributed by atoms with Crippen LogP contribution in [-0.2, 0) is 11.4 Å². The Morgan fingerprint density at radius 2 is 1.73 bits per heavy atom. The molecule has 2 aromatic carbocycles. The van der Waals surface area contributed by atoms with E-state index in [1.54, 1.807) is 45.6 Å². The van der Waals surface area contributed by atoms with Crippen molar-refractivity contribution in [2.75, 3.05) is 32.8 Å². The molecule has 2 aliphatic heterocycles. The smallest absolute Gasteiger partial charge is 0.267 e. The number of amides is 2. The lowest BCUT2D eigenvalue weighted by atomic mass is 10.1. The van der Waals surface area contributed by atoms with E-state index in [2.05, 4.69) is 4.98 Å². The highest BCUT2D eigenvalue weighted by Crippen LogP contribution is 2.31. The fourth-order valence-electron chi connectivity index (χ4n) is 3.82. The molecule has 0 spiro atoms. The molecule has 0 bridgehead atoms. The number of benzene rings is 2. The Hall–Kier alpha value is -3.59. The summed E-state index contributed by atoms with van der Waals surface area (Å²) in [7, 11) is 0. The summed E-state index contributed by atoms with van der Waals surface area (Å²) >= 11 is 1.53. The topological polar surface area (TPSA) is 81.2 Å². The van der Waals surface area contributed by atoms with E-state index in [-0.39, 0.29) is 18.4 Å². The molecule has 0 saturated carbocycles. The van der Waals surface area contributed by atoms with Crippen molar-refractivity contribution in [2.24, 2.45) is 0 Å². The van der Waals surface area contributed by atoms with Gasteiger partial charge in [-0.05, 0) is 36.4 Å². The van der Waals surface area contributed by atoms with Crippen molar-refractivity contribution in [2.45, 2.75) is 12.7 Å². The van der Waals surface area contributed by atoms with Gasteiger partial charge in [0.05, 0.1) is 11.2 Å². The second-order valence-electron chi connectivity index (χ2n) is 7.77. The molecule has 3 heterocycles. The average molecular weight is 466 g/mol. The van der Waals surface area contributed by atoms with Gasteiger partial charge in [-0.15, -0.1) is 11.3 Å². The largest absolute Gasteiger partial charge is 0.487 e. The number of ether oxygens (including phenoxy) is 3. The molecule has 2 aliphatic rings. The highest BCUT2D eigenvalue weighted by atomic mass is 32.1. The van der Waals surface area contributed by atoms with Crippen LogP contribution < -0.4 is 14.2 Å². The molecule has 0 radical (unpaired) electrons. The van der Waals surface area contributed by atoms with Gasteiger partial charge in [-0.1, -0.05) is 12.1 Å². The van der Waals surface area contributed by atoms with Crippen LogP contribution in [0.1, 0.15) is 16.1 Å². The fraction of sp³-hybridized carbons (Fsp3) is 0.292. The molecule has 5 rings (SSSR count). The summed E-state index contributed by atoms with van der Waals surface area (Å²) in [5.74, 6) is 1.75. The Morgan fingerprint density at radius 1 is 1.00 bits per heavy atom. The van der Waals surface area contributed by atoms with Crippen LogP contribution >= 0.6 is 11.3 Å². The SMILES string of the molecule is O=C(c1ccc(OCc2cscn2)cc1)N1CCN(C(=O)[C@@H]2COc3ccccc3O2)CC1. The molecule has 3 aromatic rings. The number of thiazole rings is 1. The number of aromatic nitrogens is 1. The number of hydrogen-bond donors (Lipinski definition) is 0.